The van der Waals surface area contributed by atoms with Crippen LogP contribution in [0.2, 0.25) is 0 Å². The van der Waals surface area contributed by atoms with Crippen LogP contribution in [0.15, 0.2) is 42.6 Å². The fourth-order valence-electron chi connectivity index (χ4n) is 3.50. The molecule has 1 aromatic heterocycles. The zero-order chi connectivity index (χ0) is 16.2. The van der Waals surface area contributed by atoms with E-state index >= 15 is 0 Å². The molecule has 0 unspecified atom stereocenters. The molecule has 1 aromatic carbocycles. The van der Waals surface area contributed by atoms with Crippen molar-refractivity contribution in [1.29, 1.82) is 5.26 Å². The maximum absolute atomic E-state index is 12.6. The van der Waals surface area contributed by atoms with Gasteiger partial charge in [-0.1, -0.05) is 43.2 Å². The van der Waals surface area contributed by atoms with Gasteiger partial charge >= 0.3 is 0 Å². The highest BCUT2D eigenvalue weighted by Gasteiger charge is 2.28. The van der Waals surface area contributed by atoms with Gasteiger partial charge in [-0.25, -0.2) is 0 Å². The molecule has 1 aliphatic rings. The van der Waals surface area contributed by atoms with Gasteiger partial charge < -0.3 is 9.88 Å². The van der Waals surface area contributed by atoms with Crippen molar-refractivity contribution in [1.82, 2.24) is 9.88 Å². The normalized spacial score (nSPS) is 20.7. The lowest BCUT2D eigenvalue weighted by atomic mass is 9.80. The highest BCUT2D eigenvalue weighted by molar-refractivity contribution is 5.93. The molecule has 0 aliphatic heterocycles. The Balaban J connectivity index is 1.78. The molecule has 0 saturated heterocycles. The Bertz CT molecular complexity index is 727. The van der Waals surface area contributed by atoms with Crippen molar-refractivity contribution < 1.29 is 4.79 Å². The molecule has 1 amide bonds. The number of carbonyl (C=O) groups is 1. The number of carbonyl (C=O) groups excluding carboxylic acids is 1. The highest BCUT2D eigenvalue weighted by atomic mass is 16.2. The summed E-state index contributed by atoms with van der Waals surface area (Å²) < 4.78 is 1.72. The Morgan fingerprint density at radius 2 is 2.00 bits per heavy atom. The summed E-state index contributed by atoms with van der Waals surface area (Å²) in [7, 11) is 1.80. The fraction of sp³-hybridized carbons (Fsp3) is 0.368. The number of amides is 1. The number of nitrogens with zero attached hydrogens (tertiary/aromatic N) is 2. The third-order valence-electron chi connectivity index (χ3n) is 4.68. The van der Waals surface area contributed by atoms with E-state index in [9.17, 15) is 4.79 Å². The van der Waals surface area contributed by atoms with Crippen LogP contribution < -0.4 is 5.32 Å². The molecule has 118 valence electrons. The van der Waals surface area contributed by atoms with Crippen LogP contribution in [0.3, 0.4) is 0 Å². The van der Waals surface area contributed by atoms with Crippen LogP contribution in [-0.4, -0.2) is 16.5 Å². The molecular formula is C19H21N3O. The minimum atomic E-state index is -0.0955. The summed E-state index contributed by atoms with van der Waals surface area (Å²) >= 11 is 0. The maximum Gasteiger partial charge on any atom is 0.268 e. The number of nitriles is 1. The van der Waals surface area contributed by atoms with Crippen molar-refractivity contribution >= 4 is 5.91 Å². The summed E-state index contributed by atoms with van der Waals surface area (Å²) in [5.74, 6) is 0.270. The van der Waals surface area contributed by atoms with E-state index < -0.39 is 0 Å². The average molecular weight is 307 g/mol. The predicted molar refractivity (Wildman–Crippen MR) is 89.0 cm³/mol. The van der Waals surface area contributed by atoms with Crippen LogP contribution in [-0.2, 0) is 7.05 Å². The highest BCUT2D eigenvalue weighted by Crippen LogP contribution is 2.33. The zero-order valence-electron chi connectivity index (χ0n) is 13.3. The van der Waals surface area contributed by atoms with Gasteiger partial charge in [0.15, 0.2) is 0 Å². The topological polar surface area (TPSA) is 57.8 Å². The third kappa shape index (κ3) is 3.29. The average Bonchev–Trinajstić information content (AvgIpc) is 2.97. The number of hydrogen-bond donors (Lipinski definition) is 1. The molecule has 3 rings (SSSR count). The molecular weight excluding hydrogens is 286 g/mol. The van der Waals surface area contributed by atoms with Crippen LogP contribution >= 0.6 is 0 Å². The van der Waals surface area contributed by atoms with Gasteiger partial charge in [-0.3, -0.25) is 4.79 Å². The van der Waals surface area contributed by atoms with Gasteiger partial charge in [-0.2, -0.15) is 5.26 Å². The number of nitrogens with one attached hydrogen (secondary N) is 1. The van der Waals surface area contributed by atoms with E-state index in [2.05, 4.69) is 35.7 Å². The second-order valence-electron chi connectivity index (χ2n) is 6.22. The maximum atomic E-state index is 12.6. The summed E-state index contributed by atoms with van der Waals surface area (Å²) in [5.41, 5.74) is 2.35. The molecule has 2 aromatic rings. The Morgan fingerprint density at radius 1 is 1.26 bits per heavy atom. The van der Waals surface area contributed by atoms with Crippen LogP contribution in [0.25, 0.3) is 0 Å². The summed E-state index contributed by atoms with van der Waals surface area (Å²) in [5, 5.41) is 12.2. The van der Waals surface area contributed by atoms with Crippen LogP contribution in [0.1, 0.15) is 53.2 Å². The van der Waals surface area contributed by atoms with Gasteiger partial charge in [0.1, 0.15) is 11.8 Å². The summed E-state index contributed by atoms with van der Waals surface area (Å²) in [6, 6.07) is 14.3. The van der Waals surface area contributed by atoms with E-state index in [0.717, 1.165) is 19.3 Å². The van der Waals surface area contributed by atoms with Gasteiger partial charge in [0, 0.05) is 25.2 Å². The minimum absolute atomic E-state index is 0.0955. The largest absolute Gasteiger partial charge is 0.347 e. The first-order valence-electron chi connectivity index (χ1n) is 8.11. The first-order valence-corrected chi connectivity index (χ1v) is 8.11. The third-order valence-corrected chi connectivity index (χ3v) is 4.68. The van der Waals surface area contributed by atoms with E-state index in [1.54, 1.807) is 23.9 Å². The van der Waals surface area contributed by atoms with Crippen molar-refractivity contribution in [2.24, 2.45) is 7.05 Å². The smallest absolute Gasteiger partial charge is 0.268 e. The van der Waals surface area contributed by atoms with Crippen molar-refractivity contribution in [3.63, 3.8) is 0 Å². The lowest BCUT2D eigenvalue weighted by molar-refractivity contribution is 0.0912. The number of aryl methyl sites for hydroxylation is 1. The van der Waals surface area contributed by atoms with E-state index in [0.29, 0.717) is 17.2 Å². The Morgan fingerprint density at radius 3 is 2.70 bits per heavy atom. The Kier molecular flexibility index (Phi) is 4.47. The second kappa shape index (κ2) is 6.70. The standard InChI is InChI=1S/C19H21N3O/c1-22-13-14(12-20)11-18(22)19(23)21-17-10-6-5-9-16(17)15-7-3-2-4-8-15/h2-4,7-8,11,13,16-17H,5-6,9-10H2,1H3,(H,21,23)/t16-,17+/m0/s1. The van der Waals surface area contributed by atoms with Crippen molar-refractivity contribution in [2.75, 3.05) is 0 Å². The first-order chi connectivity index (χ1) is 11.2. The molecule has 1 fully saturated rings. The molecule has 2 atom stereocenters. The lowest BCUT2D eigenvalue weighted by Crippen LogP contribution is -2.41. The number of rotatable bonds is 3. The Hall–Kier alpha value is -2.54. The van der Waals surface area contributed by atoms with Crippen molar-refractivity contribution in [3.8, 4) is 6.07 Å². The molecule has 0 spiro atoms. The summed E-state index contributed by atoms with van der Waals surface area (Å²) in [6.07, 6.45) is 6.14. The van der Waals surface area contributed by atoms with Crippen LogP contribution in [0.5, 0.6) is 0 Å². The summed E-state index contributed by atoms with van der Waals surface area (Å²) in [6.45, 7) is 0. The van der Waals surface area contributed by atoms with E-state index in [-0.39, 0.29) is 11.9 Å². The van der Waals surface area contributed by atoms with Gasteiger partial charge in [0.25, 0.3) is 5.91 Å². The van der Waals surface area contributed by atoms with E-state index in [1.165, 1.54) is 12.0 Å². The minimum Gasteiger partial charge on any atom is -0.347 e. The molecule has 1 saturated carbocycles. The molecule has 1 heterocycles. The van der Waals surface area contributed by atoms with Gasteiger partial charge in [0.2, 0.25) is 0 Å². The molecule has 4 heteroatoms. The molecule has 0 bridgehead atoms. The van der Waals surface area contributed by atoms with Gasteiger partial charge in [-0.05, 0) is 24.5 Å². The summed E-state index contributed by atoms with van der Waals surface area (Å²) in [4.78, 5) is 12.6. The lowest BCUT2D eigenvalue weighted by Gasteiger charge is -2.32. The molecule has 4 nitrogen and oxygen atoms in total. The number of benzene rings is 1. The number of hydrogen-bond acceptors (Lipinski definition) is 2. The zero-order valence-corrected chi connectivity index (χ0v) is 13.3. The molecule has 1 aliphatic carbocycles. The second-order valence-corrected chi connectivity index (χ2v) is 6.22. The predicted octanol–water partition coefficient (Wildman–Crippen LogP) is 3.35. The van der Waals surface area contributed by atoms with Crippen molar-refractivity contribution in [3.05, 3.63) is 59.4 Å². The monoisotopic (exact) mass is 307 g/mol. The fourth-order valence-corrected chi connectivity index (χ4v) is 3.50. The first kappa shape index (κ1) is 15.4. The molecule has 1 N–H and O–H groups in total. The Labute approximate surface area is 136 Å². The van der Waals surface area contributed by atoms with E-state index in [4.69, 9.17) is 5.26 Å². The van der Waals surface area contributed by atoms with Gasteiger partial charge in [0.05, 0.1) is 5.56 Å². The quantitative estimate of drug-likeness (QED) is 0.945. The van der Waals surface area contributed by atoms with Gasteiger partial charge in [-0.15, -0.1) is 0 Å². The van der Waals surface area contributed by atoms with Crippen LogP contribution in [0.4, 0.5) is 0 Å². The van der Waals surface area contributed by atoms with Crippen LogP contribution in [0, 0.1) is 11.3 Å². The molecule has 23 heavy (non-hydrogen) atoms. The SMILES string of the molecule is Cn1cc(C#N)cc1C(=O)N[C@@H]1CCCC[C@H]1c1ccccc1. The number of aromatic nitrogens is 1. The molecule has 0 radical (unpaired) electrons. The van der Waals surface area contributed by atoms with E-state index in [1.807, 2.05) is 6.07 Å². The van der Waals surface area contributed by atoms with Crippen molar-refractivity contribution in [2.45, 2.75) is 37.6 Å².